The van der Waals surface area contributed by atoms with Crippen LogP contribution in [0.5, 0.6) is 0 Å². The molecule has 0 saturated carbocycles. The first kappa shape index (κ1) is 10.7. The molecular weight excluding hydrogens is 224 g/mol. The van der Waals surface area contributed by atoms with Gasteiger partial charge >= 0.3 is 0 Å². The number of carbonyl (C=O) groups is 1. The first-order chi connectivity index (χ1) is 8.84. The molecule has 0 fully saturated rings. The Morgan fingerprint density at radius 3 is 2.56 bits per heavy atom. The fraction of sp³-hybridized carbons (Fsp3) is 0.0667. The monoisotopic (exact) mass is 236 g/mol. The van der Waals surface area contributed by atoms with E-state index in [4.69, 9.17) is 0 Å². The van der Waals surface area contributed by atoms with Gasteiger partial charge in [0.1, 0.15) is 6.67 Å². The number of hydrogen-bond donors (Lipinski definition) is 0. The van der Waals surface area contributed by atoms with Gasteiger partial charge in [-0.3, -0.25) is 14.7 Å². The van der Waals surface area contributed by atoms with E-state index in [0.717, 1.165) is 10.6 Å². The predicted octanol–water partition coefficient (Wildman–Crippen LogP) is 1.16. The van der Waals surface area contributed by atoms with Crippen molar-refractivity contribution < 1.29 is 4.79 Å². The maximum atomic E-state index is 12.2. The Labute approximate surface area is 105 Å². The molecule has 3 heteroatoms. The minimum absolute atomic E-state index is 0.0196. The summed E-state index contributed by atoms with van der Waals surface area (Å²) in [6, 6.07) is 17.1. The quantitative estimate of drug-likeness (QED) is 0.731. The zero-order valence-corrected chi connectivity index (χ0v) is 9.78. The molecular formula is C15H12N2O. The lowest BCUT2D eigenvalue weighted by Crippen LogP contribution is -2.38. The van der Waals surface area contributed by atoms with Crippen LogP contribution >= 0.6 is 0 Å². The highest BCUT2D eigenvalue weighted by molar-refractivity contribution is 5.96. The van der Waals surface area contributed by atoms with E-state index in [2.05, 4.69) is 4.99 Å². The Morgan fingerprint density at radius 2 is 1.72 bits per heavy atom. The molecule has 0 unspecified atom stereocenters. The van der Waals surface area contributed by atoms with Crippen molar-refractivity contribution in [1.82, 2.24) is 4.90 Å². The van der Waals surface area contributed by atoms with Crippen LogP contribution in [-0.2, 0) is 0 Å². The molecule has 0 spiro atoms. The van der Waals surface area contributed by atoms with E-state index < -0.39 is 0 Å². The molecule has 1 amide bonds. The van der Waals surface area contributed by atoms with Crippen molar-refractivity contribution in [3.63, 3.8) is 0 Å². The van der Waals surface area contributed by atoms with E-state index in [1.807, 2.05) is 60.8 Å². The average Bonchev–Trinajstić information content (AvgIpc) is 2.47. The lowest BCUT2D eigenvalue weighted by Gasteiger charge is -2.18. The number of rotatable bonds is 1. The van der Waals surface area contributed by atoms with Gasteiger partial charge in [0.05, 0.1) is 5.36 Å². The van der Waals surface area contributed by atoms with Crippen LogP contribution in [0.25, 0.3) is 6.20 Å². The van der Waals surface area contributed by atoms with Gasteiger partial charge in [-0.15, -0.1) is 0 Å². The molecule has 1 heterocycles. The van der Waals surface area contributed by atoms with E-state index in [0.29, 0.717) is 12.2 Å². The third-order valence-corrected chi connectivity index (χ3v) is 2.91. The zero-order valence-electron chi connectivity index (χ0n) is 9.78. The second-order valence-electron chi connectivity index (χ2n) is 4.13. The summed E-state index contributed by atoms with van der Waals surface area (Å²) in [5, 5.41) is 1.92. The Kier molecular flexibility index (Phi) is 2.65. The first-order valence-electron chi connectivity index (χ1n) is 5.82. The molecule has 1 aliphatic heterocycles. The molecule has 2 aromatic rings. The second-order valence-corrected chi connectivity index (χ2v) is 4.13. The first-order valence-corrected chi connectivity index (χ1v) is 5.82. The van der Waals surface area contributed by atoms with Crippen molar-refractivity contribution in [3.8, 4) is 0 Å². The number of fused-ring (bicyclic) bond motifs is 1. The van der Waals surface area contributed by atoms with Crippen LogP contribution in [0.3, 0.4) is 0 Å². The number of hydrogen-bond acceptors (Lipinski definition) is 2. The van der Waals surface area contributed by atoms with Gasteiger partial charge in [0.15, 0.2) is 0 Å². The second kappa shape index (κ2) is 4.45. The summed E-state index contributed by atoms with van der Waals surface area (Å²) in [6.07, 6.45) is 1.86. The predicted molar refractivity (Wildman–Crippen MR) is 69.2 cm³/mol. The van der Waals surface area contributed by atoms with Crippen molar-refractivity contribution in [2.24, 2.45) is 4.99 Å². The molecule has 2 aromatic carbocycles. The third kappa shape index (κ3) is 1.91. The summed E-state index contributed by atoms with van der Waals surface area (Å²) in [6.45, 7) is 0.380. The van der Waals surface area contributed by atoms with E-state index >= 15 is 0 Å². The highest BCUT2D eigenvalue weighted by Crippen LogP contribution is 2.05. The molecule has 0 saturated heterocycles. The standard InChI is InChI=1S/C15H12N2O/c18-15(12-6-2-1-3-7-12)17-10-13-8-4-5-9-14(13)16-11-17/h1-10H,11H2. The highest BCUT2D eigenvalue weighted by Gasteiger charge is 2.14. The van der Waals surface area contributed by atoms with Gasteiger partial charge in [-0.25, -0.2) is 0 Å². The molecule has 3 rings (SSSR count). The van der Waals surface area contributed by atoms with Gasteiger partial charge in [0.25, 0.3) is 5.91 Å². The molecule has 0 aromatic heterocycles. The highest BCUT2D eigenvalue weighted by atomic mass is 16.2. The van der Waals surface area contributed by atoms with Crippen LogP contribution < -0.4 is 10.6 Å². The van der Waals surface area contributed by atoms with E-state index in [1.165, 1.54) is 0 Å². The van der Waals surface area contributed by atoms with Crippen molar-refractivity contribution >= 4 is 12.1 Å². The molecule has 0 bridgehead atoms. The van der Waals surface area contributed by atoms with Crippen LogP contribution in [-0.4, -0.2) is 17.5 Å². The molecule has 0 atom stereocenters. The normalized spacial score (nSPS) is 13.2. The SMILES string of the molecule is O=C(c1ccccc1)N1C=c2ccccc2=NC1. The number of amides is 1. The summed E-state index contributed by atoms with van der Waals surface area (Å²) in [5.41, 5.74) is 0.684. The van der Waals surface area contributed by atoms with Gasteiger partial charge in [-0.05, 0) is 18.2 Å². The fourth-order valence-electron chi connectivity index (χ4n) is 1.97. The van der Waals surface area contributed by atoms with Crippen LogP contribution in [0.4, 0.5) is 0 Å². The van der Waals surface area contributed by atoms with E-state index in [9.17, 15) is 4.79 Å². The maximum Gasteiger partial charge on any atom is 0.259 e. The lowest BCUT2D eigenvalue weighted by molar-refractivity contribution is 0.0842. The number of benzene rings is 2. The summed E-state index contributed by atoms with van der Waals surface area (Å²) in [7, 11) is 0. The Hall–Kier alpha value is -2.42. The maximum absolute atomic E-state index is 12.2. The minimum Gasteiger partial charge on any atom is -0.294 e. The van der Waals surface area contributed by atoms with E-state index in [-0.39, 0.29) is 5.91 Å². The van der Waals surface area contributed by atoms with Gasteiger partial charge in [-0.2, -0.15) is 0 Å². The van der Waals surface area contributed by atoms with Crippen LogP contribution in [0.1, 0.15) is 10.4 Å². The van der Waals surface area contributed by atoms with E-state index in [1.54, 1.807) is 4.90 Å². The van der Waals surface area contributed by atoms with Gasteiger partial charge in [0.2, 0.25) is 0 Å². The van der Waals surface area contributed by atoms with Gasteiger partial charge in [0, 0.05) is 17.0 Å². The molecule has 88 valence electrons. The van der Waals surface area contributed by atoms with Gasteiger partial charge in [-0.1, -0.05) is 36.4 Å². The molecule has 18 heavy (non-hydrogen) atoms. The fourth-order valence-corrected chi connectivity index (χ4v) is 1.97. The smallest absolute Gasteiger partial charge is 0.259 e. The number of carbonyl (C=O) groups excluding carboxylic acids is 1. The summed E-state index contributed by atoms with van der Waals surface area (Å²) >= 11 is 0. The molecule has 0 radical (unpaired) electrons. The van der Waals surface area contributed by atoms with Crippen molar-refractivity contribution in [1.29, 1.82) is 0 Å². The van der Waals surface area contributed by atoms with Gasteiger partial charge < -0.3 is 0 Å². The Bertz CT molecular complexity index is 692. The number of para-hydroxylation sites is 1. The van der Waals surface area contributed by atoms with Crippen molar-refractivity contribution in [3.05, 3.63) is 70.7 Å². The van der Waals surface area contributed by atoms with Crippen molar-refractivity contribution in [2.45, 2.75) is 0 Å². The molecule has 0 N–H and O–H groups in total. The largest absolute Gasteiger partial charge is 0.294 e. The van der Waals surface area contributed by atoms with Crippen LogP contribution in [0, 0.1) is 0 Å². The summed E-state index contributed by atoms with van der Waals surface area (Å²) < 4.78 is 0. The summed E-state index contributed by atoms with van der Waals surface area (Å²) in [5.74, 6) is -0.0196. The molecule has 1 aliphatic rings. The minimum atomic E-state index is -0.0196. The Balaban J connectivity index is 1.97. The van der Waals surface area contributed by atoms with Crippen LogP contribution in [0.2, 0.25) is 0 Å². The number of nitrogens with zero attached hydrogens (tertiary/aromatic N) is 2. The van der Waals surface area contributed by atoms with Crippen LogP contribution in [0.15, 0.2) is 59.6 Å². The average molecular weight is 236 g/mol. The molecule has 0 aliphatic carbocycles. The van der Waals surface area contributed by atoms with Crippen molar-refractivity contribution in [2.75, 3.05) is 6.67 Å². The zero-order chi connectivity index (χ0) is 12.4. The topological polar surface area (TPSA) is 32.7 Å². The third-order valence-electron chi connectivity index (χ3n) is 2.91. The molecule has 3 nitrogen and oxygen atoms in total. The summed E-state index contributed by atoms with van der Waals surface area (Å²) in [4.78, 5) is 18.3. The Morgan fingerprint density at radius 1 is 1.00 bits per heavy atom. The lowest BCUT2D eigenvalue weighted by atomic mass is 10.2.